The highest BCUT2D eigenvalue weighted by Gasteiger charge is 2.20. The molecule has 1 aromatic heterocycles. The molecule has 1 aliphatic rings. The quantitative estimate of drug-likeness (QED) is 0.594. The molecule has 5 nitrogen and oxygen atoms in total. The van der Waals surface area contributed by atoms with E-state index in [2.05, 4.69) is 15.6 Å². The van der Waals surface area contributed by atoms with Crippen LogP contribution in [0.4, 0.5) is 23.2 Å². The van der Waals surface area contributed by atoms with E-state index < -0.39 is 29.2 Å². The van der Waals surface area contributed by atoms with Gasteiger partial charge in [0.2, 0.25) is 11.6 Å². The third kappa shape index (κ3) is 4.54. The highest BCUT2D eigenvalue weighted by molar-refractivity contribution is 5.94. The average Bonchev–Trinajstić information content (AvgIpc) is 3.18. The Kier molecular flexibility index (Phi) is 5.90. The number of halogens is 4. The van der Waals surface area contributed by atoms with E-state index in [1.165, 1.54) is 6.07 Å². The molecule has 0 aliphatic carbocycles. The van der Waals surface area contributed by atoms with Crippen LogP contribution in [0.15, 0.2) is 24.3 Å². The maximum Gasteiger partial charge on any atom is 0.253 e. The van der Waals surface area contributed by atoms with Gasteiger partial charge in [-0.15, -0.1) is 0 Å². The maximum atomic E-state index is 13.6. The smallest absolute Gasteiger partial charge is 0.253 e. The molecule has 2 aromatic rings. The van der Waals surface area contributed by atoms with Crippen molar-refractivity contribution in [1.82, 2.24) is 10.3 Å². The van der Waals surface area contributed by atoms with Crippen LogP contribution in [0.5, 0.6) is 0 Å². The molecule has 9 heteroatoms. The number of nitrogens with zero attached hydrogens (tertiary/aromatic N) is 1. The topological polar surface area (TPSA) is 63.2 Å². The molecule has 0 saturated carbocycles. The van der Waals surface area contributed by atoms with Crippen molar-refractivity contribution in [3.8, 4) is 0 Å². The lowest BCUT2D eigenvalue weighted by atomic mass is 10.1. The molecule has 1 aliphatic heterocycles. The lowest BCUT2D eigenvalue weighted by Gasteiger charge is -2.12. The van der Waals surface area contributed by atoms with E-state index in [9.17, 15) is 22.4 Å². The van der Waals surface area contributed by atoms with Gasteiger partial charge in [-0.1, -0.05) is 12.1 Å². The molecule has 27 heavy (non-hydrogen) atoms. The summed E-state index contributed by atoms with van der Waals surface area (Å²) in [5.41, 5.74) is -0.107. The maximum absolute atomic E-state index is 13.6. The van der Waals surface area contributed by atoms with Crippen LogP contribution in [0, 0.1) is 23.5 Å². The second-order valence-corrected chi connectivity index (χ2v) is 6.10. The van der Waals surface area contributed by atoms with E-state index in [1.807, 2.05) is 0 Å². The fraction of sp³-hybridized carbons (Fsp3) is 0.333. The Hall–Kier alpha value is -2.68. The number of pyridine rings is 1. The van der Waals surface area contributed by atoms with Crippen LogP contribution in [0.1, 0.15) is 28.8 Å². The summed E-state index contributed by atoms with van der Waals surface area (Å²) in [7, 11) is 0. The van der Waals surface area contributed by atoms with E-state index in [0.717, 1.165) is 12.8 Å². The number of nitrogens with one attached hydrogen (secondary N) is 2. The van der Waals surface area contributed by atoms with E-state index in [-0.39, 0.29) is 18.6 Å². The number of aromatic nitrogens is 1. The summed E-state index contributed by atoms with van der Waals surface area (Å²) in [4.78, 5) is 14.7. The number of anilines is 1. The zero-order valence-corrected chi connectivity index (χ0v) is 14.2. The van der Waals surface area contributed by atoms with Gasteiger partial charge in [0.25, 0.3) is 17.8 Å². The number of benzene rings is 1. The number of rotatable bonds is 6. The van der Waals surface area contributed by atoms with Gasteiger partial charge in [-0.25, -0.2) is 0 Å². The van der Waals surface area contributed by atoms with Crippen molar-refractivity contribution in [3.05, 3.63) is 58.9 Å². The van der Waals surface area contributed by atoms with Crippen molar-refractivity contribution in [2.45, 2.75) is 25.5 Å². The van der Waals surface area contributed by atoms with Crippen LogP contribution >= 0.6 is 0 Å². The first-order valence-electron chi connectivity index (χ1n) is 8.38. The molecule has 3 rings (SSSR count). The first kappa shape index (κ1) is 19.1. The summed E-state index contributed by atoms with van der Waals surface area (Å²) in [5, 5.41) is 5.06. The molecular weight excluding hydrogens is 366 g/mol. The Morgan fingerprint density at radius 3 is 2.59 bits per heavy atom. The van der Waals surface area contributed by atoms with Crippen LogP contribution < -0.4 is 10.6 Å². The summed E-state index contributed by atoms with van der Waals surface area (Å²) in [6, 6.07) is 6.30. The molecule has 0 bridgehead atoms. The zero-order chi connectivity index (χ0) is 19.4. The second kappa shape index (κ2) is 8.34. The van der Waals surface area contributed by atoms with Crippen molar-refractivity contribution in [1.29, 1.82) is 0 Å². The minimum absolute atomic E-state index is 0.00114. The molecule has 1 amide bonds. The van der Waals surface area contributed by atoms with Crippen LogP contribution in [-0.2, 0) is 11.3 Å². The van der Waals surface area contributed by atoms with Gasteiger partial charge in [0.15, 0.2) is 0 Å². The molecule has 144 valence electrons. The van der Waals surface area contributed by atoms with Crippen LogP contribution in [0.3, 0.4) is 0 Å². The molecule has 0 spiro atoms. The summed E-state index contributed by atoms with van der Waals surface area (Å²) in [6.07, 6.45) is 1.85. The number of hydrogen-bond acceptors (Lipinski definition) is 4. The van der Waals surface area contributed by atoms with Gasteiger partial charge in [-0.2, -0.15) is 22.5 Å². The second-order valence-electron chi connectivity index (χ2n) is 6.10. The zero-order valence-electron chi connectivity index (χ0n) is 14.2. The molecule has 1 aromatic carbocycles. The van der Waals surface area contributed by atoms with Gasteiger partial charge in [-0.3, -0.25) is 4.79 Å². The average molecular weight is 383 g/mol. The van der Waals surface area contributed by atoms with Gasteiger partial charge in [-0.05, 0) is 30.5 Å². The number of amides is 1. The van der Waals surface area contributed by atoms with E-state index >= 15 is 0 Å². The number of hydrogen-bond donors (Lipinski definition) is 2. The Bertz CT molecular complexity index is 815. The summed E-state index contributed by atoms with van der Waals surface area (Å²) in [6.45, 7) is 0.932. The minimum atomic E-state index is -1.74. The van der Waals surface area contributed by atoms with Crippen molar-refractivity contribution >= 4 is 11.6 Å². The van der Waals surface area contributed by atoms with E-state index in [0.29, 0.717) is 24.3 Å². The monoisotopic (exact) mass is 383 g/mol. The largest absolute Gasteiger partial charge is 0.376 e. The number of carbonyl (C=O) groups excluding carboxylic acids is 1. The highest BCUT2D eigenvalue weighted by atomic mass is 19.2. The SMILES string of the molecule is O=C(NCC1CCCO1)c1cccc(CNc2c(F)c(F)nc(F)c2F)c1. The predicted molar refractivity (Wildman–Crippen MR) is 89.1 cm³/mol. The normalized spacial score (nSPS) is 16.4. The molecule has 1 atom stereocenters. The lowest BCUT2D eigenvalue weighted by Crippen LogP contribution is -2.31. The summed E-state index contributed by atoms with van der Waals surface area (Å²) < 4.78 is 58.9. The minimum Gasteiger partial charge on any atom is -0.376 e. The molecular formula is C18H17F4N3O2. The van der Waals surface area contributed by atoms with Gasteiger partial charge in [0, 0.05) is 25.3 Å². The molecule has 2 heterocycles. The van der Waals surface area contributed by atoms with Gasteiger partial charge in [0.05, 0.1) is 6.10 Å². The standard InChI is InChI=1S/C18H17F4N3O2/c19-13-15(14(20)17(22)25-16(13)21)23-8-10-3-1-4-11(7-10)18(26)24-9-12-5-2-6-27-12/h1,3-4,7,12H,2,5-6,8-9H2,(H,23,25)(H,24,26). The number of carbonyl (C=O) groups is 1. The predicted octanol–water partition coefficient (Wildman–Crippen LogP) is 3.16. The van der Waals surface area contributed by atoms with Crippen LogP contribution in [-0.4, -0.2) is 30.1 Å². The number of ether oxygens (including phenoxy) is 1. The third-order valence-corrected chi connectivity index (χ3v) is 4.17. The molecule has 1 unspecified atom stereocenters. The molecule has 1 saturated heterocycles. The van der Waals surface area contributed by atoms with Gasteiger partial charge >= 0.3 is 0 Å². The first-order valence-corrected chi connectivity index (χ1v) is 8.38. The third-order valence-electron chi connectivity index (χ3n) is 4.17. The molecule has 2 N–H and O–H groups in total. The Morgan fingerprint density at radius 1 is 1.19 bits per heavy atom. The summed E-state index contributed by atoms with van der Waals surface area (Å²) >= 11 is 0. The Labute approximate surface area is 152 Å². The van der Waals surface area contributed by atoms with Gasteiger partial charge in [0.1, 0.15) is 5.69 Å². The van der Waals surface area contributed by atoms with E-state index in [4.69, 9.17) is 4.74 Å². The van der Waals surface area contributed by atoms with Crippen molar-refractivity contribution < 1.29 is 27.1 Å². The van der Waals surface area contributed by atoms with Crippen molar-refractivity contribution in [3.63, 3.8) is 0 Å². The van der Waals surface area contributed by atoms with Gasteiger partial charge < -0.3 is 15.4 Å². The first-order chi connectivity index (χ1) is 13.0. The van der Waals surface area contributed by atoms with Crippen LogP contribution in [0.2, 0.25) is 0 Å². The van der Waals surface area contributed by atoms with Crippen molar-refractivity contribution in [2.75, 3.05) is 18.5 Å². The van der Waals surface area contributed by atoms with Crippen molar-refractivity contribution in [2.24, 2.45) is 0 Å². The molecule has 1 fully saturated rings. The molecule has 0 radical (unpaired) electrons. The summed E-state index contributed by atoms with van der Waals surface area (Å²) in [5.74, 6) is -7.01. The van der Waals surface area contributed by atoms with Crippen LogP contribution in [0.25, 0.3) is 0 Å². The Balaban J connectivity index is 1.65. The fourth-order valence-electron chi connectivity index (χ4n) is 2.77. The lowest BCUT2D eigenvalue weighted by molar-refractivity contribution is 0.0857. The Morgan fingerprint density at radius 2 is 1.93 bits per heavy atom. The highest BCUT2D eigenvalue weighted by Crippen LogP contribution is 2.22. The fourth-order valence-corrected chi connectivity index (χ4v) is 2.77. The van der Waals surface area contributed by atoms with E-state index in [1.54, 1.807) is 18.2 Å².